The highest BCUT2D eigenvalue weighted by molar-refractivity contribution is 5.99. The van der Waals surface area contributed by atoms with Crippen molar-refractivity contribution in [2.75, 3.05) is 18.4 Å². The van der Waals surface area contributed by atoms with Gasteiger partial charge in [-0.2, -0.15) is 0 Å². The average Bonchev–Trinajstić information content (AvgIpc) is 3.14. The lowest BCUT2D eigenvalue weighted by Crippen LogP contribution is -2.41. The van der Waals surface area contributed by atoms with Crippen molar-refractivity contribution >= 4 is 23.0 Å². The van der Waals surface area contributed by atoms with Gasteiger partial charge in [0.25, 0.3) is 11.5 Å². The van der Waals surface area contributed by atoms with E-state index in [1.165, 1.54) is 10.1 Å². The average molecular weight is 408 g/mol. The number of aromatic nitrogens is 4. The lowest BCUT2D eigenvalue weighted by molar-refractivity contribution is -0.121. The molecule has 4 rings (SSSR count). The minimum absolute atomic E-state index is 0.0358. The van der Waals surface area contributed by atoms with Crippen molar-refractivity contribution in [2.45, 2.75) is 33.6 Å². The van der Waals surface area contributed by atoms with Crippen LogP contribution in [0.15, 0.2) is 29.2 Å². The second-order valence-corrected chi connectivity index (χ2v) is 7.85. The number of rotatable bonds is 3. The smallest absolute Gasteiger partial charge is 0.276 e. The van der Waals surface area contributed by atoms with Crippen LogP contribution in [0, 0.1) is 26.7 Å². The number of H-pyrrole nitrogens is 1. The third-order valence-corrected chi connectivity index (χ3v) is 5.67. The van der Waals surface area contributed by atoms with E-state index >= 15 is 0 Å². The number of amides is 2. The number of likely N-dealkylation sites (tertiary alicyclic amines) is 1. The number of benzene rings is 1. The zero-order valence-corrected chi connectivity index (χ0v) is 17.2. The molecule has 1 fully saturated rings. The van der Waals surface area contributed by atoms with E-state index in [2.05, 4.69) is 20.6 Å². The molecule has 3 aromatic rings. The molecule has 0 bridgehead atoms. The molecule has 156 valence electrons. The van der Waals surface area contributed by atoms with Crippen molar-refractivity contribution < 1.29 is 9.59 Å². The van der Waals surface area contributed by atoms with Crippen molar-refractivity contribution in [3.63, 3.8) is 0 Å². The number of piperidine rings is 1. The summed E-state index contributed by atoms with van der Waals surface area (Å²) >= 11 is 0. The largest absolute Gasteiger partial charge is 0.337 e. The second kappa shape index (κ2) is 7.74. The maximum absolute atomic E-state index is 12.9. The molecule has 9 nitrogen and oxygen atoms in total. The van der Waals surface area contributed by atoms with Gasteiger partial charge in [-0.25, -0.2) is 4.52 Å². The monoisotopic (exact) mass is 408 g/mol. The molecule has 0 spiro atoms. The molecule has 9 heteroatoms. The number of nitrogens with zero attached hydrogens (tertiary/aromatic N) is 4. The minimum Gasteiger partial charge on any atom is -0.337 e. The molecule has 1 aliphatic rings. The Morgan fingerprint density at radius 1 is 1.13 bits per heavy atom. The van der Waals surface area contributed by atoms with E-state index in [1.807, 2.05) is 32.0 Å². The van der Waals surface area contributed by atoms with Crippen LogP contribution in [-0.4, -0.2) is 49.6 Å². The summed E-state index contributed by atoms with van der Waals surface area (Å²) in [4.78, 5) is 42.1. The zero-order valence-electron chi connectivity index (χ0n) is 17.2. The molecule has 0 atom stereocenters. The highest BCUT2D eigenvalue weighted by Gasteiger charge is 2.30. The summed E-state index contributed by atoms with van der Waals surface area (Å²) < 4.78 is 1.32. The number of carbonyl (C=O) groups is 2. The normalized spacial score (nSPS) is 14.8. The highest BCUT2D eigenvalue weighted by atomic mass is 16.2. The summed E-state index contributed by atoms with van der Waals surface area (Å²) in [6, 6.07) is 5.84. The van der Waals surface area contributed by atoms with Gasteiger partial charge in [0.15, 0.2) is 11.2 Å². The summed E-state index contributed by atoms with van der Waals surface area (Å²) in [6.45, 7) is 6.62. The lowest BCUT2D eigenvalue weighted by atomic mass is 9.95. The molecule has 0 radical (unpaired) electrons. The van der Waals surface area contributed by atoms with Crippen LogP contribution in [0.1, 0.15) is 40.2 Å². The Morgan fingerprint density at radius 3 is 2.57 bits per heavy atom. The van der Waals surface area contributed by atoms with Crippen molar-refractivity contribution in [2.24, 2.45) is 5.92 Å². The zero-order chi connectivity index (χ0) is 21.4. The number of fused-ring (bicyclic) bond motifs is 1. The molecule has 2 amide bonds. The van der Waals surface area contributed by atoms with Gasteiger partial charge >= 0.3 is 0 Å². The summed E-state index contributed by atoms with van der Waals surface area (Å²) in [5.74, 6) is -0.544. The van der Waals surface area contributed by atoms with Gasteiger partial charge < -0.3 is 15.2 Å². The summed E-state index contributed by atoms with van der Waals surface area (Å²) in [5.41, 5.74) is 3.49. The topological polar surface area (TPSA) is 112 Å². The highest BCUT2D eigenvalue weighted by Crippen LogP contribution is 2.22. The van der Waals surface area contributed by atoms with Crippen LogP contribution in [0.3, 0.4) is 0 Å². The van der Waals surface area contributed by atoms with Crippen LogP contribution in [0.5, 0.6) is 0 Å². The Labute approximate surface area is 173 Å². The molecule has 0 saturated carbocycles. The lowest BCUT2D eigenvalue weighted by Gasteiger charge is -2.30. The maximum Gasteiger partial charge on any atom is 0.276 e. The minimum atomic E-state index is -0.397. The number of aromatic amines is 1. The van der Waals surface area contributed by atoms with Crippen LogP contribution in [-0.2, 0) is 4.79 Å². The third kappa shape index (κ3) is 3.70. The van der Waals surface area contributed by atoms with E-state index in [9.17, 15) is 14.4 Å². The van der Waals surface area contributed by atoms with Crippen LogP contribution in [0.2, 0.25) is 0 Å². The van der Waals surface area contributed by atoms with Gasteiger partial charge in [-0.15, -0.1) is 5.10 Å². The first-order valence-corrected chi connectivity index (χ1v) is 9.96. The van der Waals surface area contributed by atoms with Crippen molar-refractivity contribution in [1.29, 1.82) is 0 Å². The van der Waals surface area contributed by atoms with E-state index < -0.39 is 5.56 Å². The Balaban J connectivity index is 1.42. The van der Waals surface area contributed by atoms with Gasteiger partial charge in [0.05, 0.1) is 6.20 Å². The number of hydrogen-bond donors (Lipinski definition) is 2. The first-order chi connectivity index (χ1) is 14.3. The Morgan fingerprint density at radius 2 is 1.87 bits per heavy atom. The van der Waals surface area contributed by atoms with Crippen LogP contribution in [0.25, 0.3) is 5.52 Å². The molecule has 1 saturated heterocycles. The van der Waals surface area contributed by atoms with E-state index in [4.69, 9.17) is 0 Å². The predicted octanol–water partition coefficient (Wildman–Crippen LogP) is 1.83. The Bertz CT molecular complexity index is 1190. The molecule has 0 unspecified atom stereocenters. The fraction of sp³-hybridized carbons (Fsp3) is 0.381. The van der Waals surface area contributed by atoms with Crippen molar-refractivity contribution in [3.8, 4) is 0 Å². The number of aryl methyl sites for hydroxylation is 3. The van der Waals surface area contributed by atoms with E-state index in [0.717, 1.165) is 11.3 Å². The molecular formula is C21H24N6O3. The quantitative estimate of drug-likeness (QED) is 0.687. The standard InChI is InChI=1S/C21H24N6O3/c1-12-4-5-16(10-13(12)2)23-19(28)15-6-8-26(9-7-15)21(30)17-18-20(29)22-14(3)11-27(18)25-24-17/h4-5,10-11,15H,6-9H2,1-3H3,(H,22,29)(H,23,28). The Hall–Kier alpha value is -3.49. The molecule has 1 aliphatic heterocycles. The van der Waals surface area contributed by atoms with Crippen LogP contribution >= 0.6 is 0 Å². The van der Waals surface area contributed by atoms with Crippen LogP contribution in [0.4, 0.5) is 5.69 Å². The molecule has 30 heavy (non-hydrogen) atoms. The van der Waals surface area contributed by atoms with Crippen molar-refractivity contribution in [1.82, 2.24) is 24.7 Å². The fourth-order valence-corrected chi connectivity index (χ4v) is 3.75. The van der Waals surface area contributed by atoms with E-state index in [-0.39, 0.29) is 28.9 Å². The molecule has 3 heterocycles. The van der Waals surface area contributed by atoms with Gasteiger partial charge in [-0.05, 0) is 56.9 Å². The Kier molecular flexibility index (Phi) is 5.11. The molecule has 0 aliphatic carbocycles. The molecular weight excluding hydrogens is 384 g/mol. The summed E-state index contributed by atoms with van der Waals surface area (Å²) in [5, 5.41) is 10.8. The van der Waals surface area contributed by atoms with Gasteiger partial charge in [-0.3, -0.25) is 14.4 Å². The first kappa shape index (κ1) is 19.8. The molecule has 2 aromatic heterocycles. The summed E-state index contributed by atoms with van der Waals surface area (Å²) in [6.07, 6.45) is 2.72. The SMILES string of the molecule is Cc1cn2nnc(C(=O)N3CCC(C(=O)Nc4ccc(C)c(C)c4)CC3)c2c(=O)[nH]1. The number of hydrogen-bond acceptors (Lipinski definition) is 5. The van der Waals surface area contributed by atoms with Crippen LogP contribution < -0.4 is 10.9 Å². The number of nitrogens with one attached hydrogen (secondary N) is 2. The summed E-state index contributed by atoms with van der Waals surface area (Å²) in [7, 11) is 0. The van der Waals surface area contributed by atoms with E-state index in [1.54, 1.807) is 18.0 Å². The predicted molar refractivity (Wildman–Crippen MR) is 112 cm³/mol. The second-order valence-electron chi connectivity index (χ2n) is 7.85. The first-order valence-electron chi connectivity index (χ1n) is 9.96. The number of anilines is 1. The maximum atomic E-state index is 12.9. The third-order valence-electron chi connectivity index (χ3n) is 5.67. The molecule has 2 N–H and O–H groups in total. The van der Waals surface area contributed by atoms with Gasteiger partial charge in [0.2, 0.25) is 5.91 Å². The van der Waals surface area contributed by atoms with E-state index in [0.29, 0.717) is 31.6 Å². The van der Waals surface area contributed by atoms with Gasteiger partial charge in [0, 0.05) is 30.4 Å². The van der Waals surface area contributed by atoms with Gasteiger partial charge in [0.1, 0.15) is 0 Å². The fourth-order valence-electron chi connectivity index (χ4n) is 3.75. The van der Waals surface area contributed by atoms with Crippen molar-refractivity contribution in [3.05, 3.63) is 57.3 Å². The van der Waals surface area contributed by atoms with Gasteiger partial charge in [-0.1, -0.05) is 11.3 Å². The number of carbonyl (C=O) groups excluding carboxylic acids is 2. The molecule has 1 aromatic carbocycles.